The third-order valence-electron chi connectivity index (χ3n) is 7.52. The first-order valence-corrected chi connectivity index (χ1v) is 14.6. The summed E-state index contributed by atoms with van der Waals surface area (Å²) < 4.78 is 62.9. The number of nitrogens with zero attached hydrogens (tertiary/aromatic N) is 2. The number of aromatic carboxylic acids is 1. The summed E-state index contributed by atoms with van der Waals surface area (Å²) >= 11 is 1.72. The van der Waals surface area contributed by atoms with E-state index in [9.17, 15) is 27.9 Å². The van der Waals surface area contributed by atoms with E-state index in [1.807, 2.05) is 4.90 Å². The van der Waals surface area contributed by atoms with Crippen LogP contribution in [0.4, 0.5) is 28.9 Å². The molecule has 2 fully saturated rings. The summed E-state index contributed by atoms with van der Waals surface area (Å²) in [6.45, 7) is 6.73. The van der Waals surface area contributed by atoms with E-state index in [0.29, 0.717) is 37.5 Å². The van der Waals surface area contributed by atoms with E-state index in [-0.39, 0.29) is 17.5 Å². The van der Waals surface area contributed by atoms with Crippen molar-refractivity contribution in [3.05, 3.63) is 47.3 Å². The van der Waals surface area contributed by atoms with Gasteiger partial charge in [0.1, 0.15) is 11.3 Å². The Morgan fingerprint density at radius 1 is 1.05 bits per heavy atom. The second kappa shape index (κ2) is 12.3. The number of thioether (sulfide) groups is 1. The molecule has 0 spiro atoms. The quantitative estimate of drug-likeness (QED) is 0.342. The van der Waals surface area contributed by atoms with E-state index in [0.717, 1.165) is 48.6 Å². The van der Waals surface area contributed by atoms with E-state index in [4.69, 9.17) is 4.74 Å². The average molecular weight is 583 g/mol. The fourth-order valence-corrected chi connectivity index (χ4v) is 6.22. The third-order valence-corrected chi connectivity index (χ3v) is 8.47. The first-order chi connectivity index (χ1) is 18.9. The summed E-state index contributed by atoms with van der Waals surface area (Å²) in [6, 6.07) is 4.83. The largest absolute Gasteiger partial charge is 0.478 e. The van der Waals surface area contributed by atoms with E-state index in [2.05, 4.69) is 6.92 Å². The number of hydrogen-bond donors (Lipinski definition) is 1. The molecule has 1 heterocycles. The molecule has 1 amide bonds. The smallest absolute Gasteiger partial charge is 0.420 e. The summed E-state index contributed by atoms with van der Waals surface area (Å²) in [5.74, 6) is -2.35. The first-order valence-electron chi connectivity index (χ1n) is 13.5. The van der Waals surface area contributed by atoms with Gasteiger partial charge in [-0.3, -0.25) is 4.79 Å². The van der Waals surface area contributed by atoms with E-state index < -0.39 is 46.6 Å². The number of carboxylic acids is 1. The highest BCUT2D eigenvalue weighted by atomic mass is 32.2. The van der Waals surface area contributed by atoms with Crippen LogP contribution < -0.4 is 14.5 Å². The van der Waals surface area contributed by atoms with Crippen molar-refractivity contribution >= 4 is 35.0 Å². The number of benzene rings is 2. The predicted octanol–water partition coefficient (Wildman–Crippen LogP) is 7.46. The van der Waals surface area contributed by atoms with Gasteiger partial charge in [-0.1, -0.05) is 6.92 Å². The fourth-order valence-electron chi connectivity index (χ4n) is 5.31. The monoisotopic (exact) mass is 582 g/mol. The van der Waals surface area contributed by atoms with Crippen LogP contribution >= 0.6 is 11.8 Å². The van der Waals surface area contributed by atoms with Crippen LogP contribution in [-0.2, 0) is 11.0 Å². The maximum absolute atomic E-state index is 15.4. The van der Waals surface area contributed by atoms with Crippen LogP contribution in [-0.4, -0.2) is 47.6 Å². The molecule has 0 bridgehead atoms. The molecule has 0 radical (unpaired) electrons. The van der Waals surface area contributed by atoms with Gasteiger partial charge in [-0.05, 0) is 63.6 Å². The number of carbonyl (C=O) groups excluding carboxylic acids is 1. The number of carboxylic acid groups (broad SMARTS) is 1. The zero-order chi connectivity index (χ0) is 29.2. The summed E-state index contributed by atoms with van der Waals surface area (Å²) in [5.41, 5.74) is -1.29. The summed E-state index contributed by atoms with van der Waals surface area (Å²) in [4.78, 5) is 28.9. The highest BCUT2D eigenvalue weighted by Gasteiger charge is 2.37. The van der Waals surface area contributed by atoms with Crippen molar-refractivity contribution in [1.29, 1.82) is 0 Å². The van der Waals surface area contributed by atoms with Gasteiger partial charge < -0.3 is 19.6 Å². The minimum Gasteiger partial charge on any atom is -0.478 e. The Hall–Kier alpha value is -2.95. The molecule has 1 saturated carbocycles. The Balaban J connectivity index is 1.70. The second-order valence-corrected chi connectivity index (χ2v) is 12.0. The number of hydrogen-bond acceptors (Lipinski definition) is 5. The number of rotatable bonds is 7. The van der Waals surface area contributed by atoms with Crippen LogP contribution in [0.1, 0.15) is 62.4 Å². The van der Waals surface area contributed by atoms with Gasteiger partial charge in [0.25, 0.3) is 0 Å². The molecule has 0 atom stereocenters. The molecule has 1 aliphatic heterocycles. The molecule has 218 valence electrons. The molecule has 11 heteroatoms. The molecule has 0 aromatic heterocycles. The zero-order valence-corrected chi connectivity index (χ0v) is 23.6. The second-order valence-electron chi connectivity index (χ2n) is 10.7. The van der Waals surface area contributed by atoms with Gasteiger partial charge in [-0.2, -0.15) is 24.9 Å². The highest BCUT2D eigenvalue weighted by Crippen LogP contribution is 2.42. The van der Waals surface area contributed by atoms with Gasteiger partial charge in [0.2, 0.25) is 5.91 Å². The molecule has 2 aromatic rings. The summed E-state index contributed by atoms with van der Waals surface area (Å²) in [6.07, 6.45) is -1.75. The number of amides is 1. The van der Waals surface area contributed by atoms with Crippen molar-refractivity contribution in [3.8, 4) is 11.5 Å². The standard InChI is InChI=1S/C29H34F4N2O4S/c1-17(2)35(27(36)19-6-4-18(3)5-7-19)24-16-23(30)26(15-21(24)28(37)38)39-25-9-8-20(14-22(25)29(31,32)33)34-10-12-40-13-11-34/h8-9,14-19H,4-7,10-13H2,1-3H3,(H,37,38). The van der Waals surface area contributed by atoms with Crippen LogP contribution in [0.3, 0.4) is 0 Å². The predicted molar refractivity (Wildman–Crippen MR) is 148 cm³/mol. The number of anilines is 2. The van der Waals surface area contributed by atoms with E-state index >= 15 is 4.39 Å². The highest BCUT2D eigenvalue weighted by molar-refractivity contribution is 7.99. The lowest BCUT2D eigenvalue weighted by atomic mass is 9.82. The van der Waals surface area contributed by atoms with Gasteiger partial charge in [0.15, 0.2) is 11.6 Å². The van der Waals surface area contributed by atoms with Crippen molar-refractivity contribution in [1.82, 2.24) is 0 Å². The van der Waals surface area contributed by atoms with Crippen molar-refractivity contribution in [3.63, 3.8) is 0 Å². The third kappa shape index (κ3) is 6.67. The normalized spacial score (nSPS) is 19.9. The lowest BCUT2D eigenvalue weighted by Gasteiger charge is -2.34. The minimum atomic E-state index is -4.79. The molecule has 1 saturated heterocycles. The minimum absolute atomic E-state index is 0.148. The molecule has 6 nitrogen and oxygen atoms in total. The van der Waals surface area contributed by atoms with Crippen molar-refractivity contribution < 1.29 is 37.0 Å². The molecule has 1 aliphatic carbocycles. The Bertz CT molecular complexity index is 1240. The Kier molecular flexibility index (Phi) is 9.22. The van der Waals surface area contributed by atoms with Crippen LogP contribution in [0.25, 0.3) is 0 Å². The van der Waals surface area contributed by atoms with Crippen molar-refractivity contribution in [2.45, 2.75) is 58.7 Å². The summed E-state index contributed by atoms with van der Waals surface area (Å²) in [7, 11) is 0. The lowest BCUT2D eigenvalue weighted by molar-refractivity contribution is -0.138. The van der Waals surface area contributed by atoms with Gasteiger partial charge in [0, 0.05) is 54.4 Å². The SMILES string of the molecule is CC1CCC(C(=O)N(c2cc(F)c(Oc3ccc(N4CCSCC4)cc3C(F)(F)F)cc2C(=O)O)C(C)C)CC1. The van der Waals surface area contributed by atoms with Gasteiger partial charge >= 0.3 is 12.1 Å². The van der Waals surface area contributed by atoms with Crippen LogP contribution in [0.2, 0.25) is 0 Å². The molecular weight excluding hydrogens is 548 g/mol. The van der Waals surface area contributed by atoms with Gasteiger partial charge in [0.05, 0.1) is 11.3 Å². The summed E-state index contributed by atoms with van der Waals surface area (Å²) in [5, 5.41) is 9.97. The fraction of sp³-hybridized carbons (Fsp3) is 0.517. The molecule has 0 unspecified atom stereocenters. The zero-order valence-electron chi connectivity index (χ0n) is 22.8. The van der Waals surface area contributed by atoms with E-state index in [1.54, 1.807) is 25.6 Å². The topological polar surface area (TPSA) is 70.1 Å². The Morgan fingerprint density at radius 2 is 1.70 bits per heavy atom. The molecular formula is C29H34F4N2O4S. The maximum Gasteiger partial charge on any atom is 0.420 e. The van der Waals surface area contributed by atoms with Gasteiger partial charge in [-0.15, -0.1) is 0 Å². The van der Waals surface area contributed by atoms with Crippen LogP contribution in [0.15, 0.2) is 30.3 Å². The van der Waals surface area contributed by atoms with Gasteiger partial charge in [-0.25, -0.2) is 9.18 Å². The molecule has 2 aliphatic rings. The lowest BCUT2D eigenvalue weighted by Crippen LogP contribution is -2.43. The molecule has 40 heavy (non-hydrogen) atoms. The number of carbonyl (C=O) groups is 2. The molecule has 2 aromatic carbocycles. The van der Waals surface area contributed by atoms with Crippen molar-refractivity contribution in [2.24, 2.45) is 11.8 Å². The first kappa shape index (κ1) is 30.0. The Labute approximate surface area is 235 Å². The van der Waals surface area contributed by atoms with Crippen LogP contribution in [0, 0.1) is 17.7 Å². The average Bonchev–Trinajstić information content (AvgIpc) is 2.90. The van der Waals surface area contributed by atoms with Crippen LogP contribution in [0.5, 0.6) is 11.5 Å². The van der Waals surface area contributed by atoms with E-state index in [1.165, 1.54) is 11.0 Å². The number of ether oxygens (including phenoxy) is 1. The number of alkyl halides is 3. The maximum atomic E-state index is 15.4. The molecule has 4 rings (SSSR count). The Morgan fingerprint density at radius 3 is 2.27 bits per heavy atom. The molecule has 1 N–H and O–H groups in total. The number of halogens is 4. The van der Waals surface area contributed by atoms with Crippen molar-refractivity contribution in [2.75, 3.05) is 34.4 Å².